The largest absolute Gasteiger partial charge is 0.507 e. The topological polar surface area (TPSA) is 224 Å². The molecule has 1 aliphatic heterocycles. The molecule has 2 aromatic carbocycles. The second-order valence-electron chi connectivity index (χ2n) is 9.56. The fourth-order valence-corrected chi connectivity index (χ4v) is 4.55. The van der Waals surface area contributed by atoms with Crippen molar-refractivity contribution in [3.8, 4) is 5.75 Å². The van der Waals surface area contributed by atoms with E-state index in [0.717, 1.165) is 17.7 Å². The van der Waals surface area contributed by atoms with Crippen molar-refractivity contribution < 1.29 is 29.4 Å². The highest BCUT2D eigenvalue weighted by Crippen LogP contribution is 2.22. The van der Waals surface area contributed by atoms with Gasteiger partial charge >= 0.3 is 5.97 Å². The van der Waals surface area contributed by atoms with E-state index in [1.165, 1.54) is 11.0 Å². The van der Waals surface area contributed by atoms with Crippen molar-refractivity contribution in [2.45, 2.75) is 50.2 Å². The lowest BCUT2D eigenvalue weighted by Gasteiger charge is -2.28. The number of nitrogens with zero attached hydrogens (tertiary/aromatic N) is 1. The second kappa shape index (κ2) is 17.0. The number of amides is 3. The first-order valence-corrected chi connectivity index (χ1v) is 12.9. The van der Waals surface area contributed by atoms with Crippen molar-refractivity contribution in [2.24, 2.45) is 11.5 Å². The number of carbonyl (C=O) groups is 4. The summed E-state index contributed by atoms with van der Waals surface area (Å²) in [5, 5.41) is 34.2. The summed E-state index contributed by atoms with van der Waals surface area (Å²) in [5.41, 5.74) is 12.1. The van der Waals surface area contributed by atoms with Gasteiger partial charge in [-0.1, -0.05) is 30.3 Å². The van der Waals surface area contributed by atoms with Gasteiger partial charge in [0.05, 0.1) is 6.04 Å². The van der Waals surface area contributed by atoms with Crippen LogP contribution in [0, 0.1) is 5.41 Å². The Morgan fingerprint density at radius 2 is 1.79 bits per heavy atom. The fourth-order valence-electron chi connectivity index (χ4n) is 4.55. The maximum atomic E-state index is 13.3. The van der Waals surface area contributed by atoms with E-state index in [1.807, 2.05) is 30.3 Å². The van der Waals surface area contributed by atoms with E-state index in [2.05, 4.69) is 16.0 Å². The average Bonchev–Trinajstić information content (AvgIpc) is 3.41. The molecular weight excluding hydrogens is 589 g/mol. The Balaban J connectivity index is 0.00000441. The monoisotopic (exact) mass is 625 g/mol. The summed E-state index contributed by atoms with van der Waals surface area (Å²) >= 11 is 0. The summed E-state index contributed by atoms with van der Waals surface area (Å²) < 4.78 is 0. The summed E-state index contributed by atoms with van der Waals surface area (Å²) in [4.78, 5) is 52.4. The SMILES string of the molecule is Cl.Cl.N=C(N)NCCC[C@H](NC(=O)[C@@H]1CCCN1C(=O)[C@H](N)Cc1ccccc1)C(=O)Nc1ccc(O)c(C(=O)O)c1. The van der Waals surface area contributed by atoms with Crippen LogP contribution in [-0.4, -0.2) is 76.0 Å². The molecule has 2 aromatic rings. The Morgan fingerprint density at radius 1 is 1.10 bits per heavy atom. The Hall–Kier alpha value is -4.07. The van der Waals surface area contributed by atoms with Gasteiger partial charge in [-0.2, -0.15) is 0 Å². The van der Waals surface area contributed by atoms with Gasteiger partial charge in [-0.25, -0.2) is 4.79 Å². The maximum absolute atomic E-state index is 13.3. The zero-order valence-corrected chi connectivity index (χ0v) is 24.4. The van der Waals surface area contributed by atoms with E-state index in [4.69, 9.17) is 16.9 Å². The van der Waals surface area contributed by atoms with Gasteiger partial charge in [0.25, 0.3) is 0 Å². The molecule has 10 N–H and O–H groups in total. The van der Waals surface area contributed by atoms with Gasteiger partial charge in [-0.05, 0) is 55.9 Å². The summed E-state index contributed by atoms with van der Waals surface area (Å²) in [6.45, 7) is 0.643. The molecule has 0 saturated carbocycles. The minimum absolute atomic E-state index is 0. The van der Waals surface area contributed by atoms with Crippen LogP contribution in [0.4, 0.5) is 5.69 Å². The number of aromatic hydroxyl groups is 1. The standard InChI is InChI=1S/C27H35N7O6.2ClH/c28-19(14-16-6-2-1-3-7-16)25(38)34-13-5-9-21(34)24(37)33-20(8-4-12-31-27(29)30)23(36)32-17-10-11-22(35)18(15-17)26(39)40;;/h1-3,6-7,10-11,15,19-21,35H,4-5,8-9,12-14,28H2,(H,32,36)(H,33,37)(H,39,40)(H4,29,30,31);2*1H/t19-,20+,21+;;/m1../s1. The van der Waals surface area contributed by atoms with Gasteiger partial charge in [0.1, 0.15) is 23.4 Å². The number of aromatic carboxylic acids is 1. The van der Waals surface area contributed by atoms with Crippen molar-refractivity contribution in [3.63, 3.8) is 0 Å². The van der Waals surface area contributed by atoms with Crippen LogP contribution in [-0.2, 0) is 20.8 Å². The number of hydrogen-bond acceptors (Lipinski definition) is 7. The number of nitrogens with two attached hydrogens (primary N) is 2. The van der Waals surface area contributed by atoms with E-state index < -0.39 is 47.2 Å². The minimum atomic E-state index is -1.37. The van der Waals surface area contributed by atoms with Gasteiger partial charge in [-0.15, -0.1) is 24.8 Å². The van der Waals surface area contributed by atoms with Crippen molar-refractivity contribution in [1.82, 2.24) is 15.5 Å². The quantitative estimate of drug-likeness (QED) is 0.0732. The number of carboxylic acids is 1. The summed E-state index contributed by atoms with van der Waals surface area (Å²) in [6, 6.07) is 10.2. The Kier molecular flexibility index (Phi) is 14.6. The number of phenols is 1. The van der Waals surface area contributed by atoms with Gasteiger partial charge in [0.2, 0.25) is 17.7 Å². The Labute approximate surface area is 255 Å². The van der Waals surface area contributed by atoms with Crippen LogP contribution in [0.2, 0.25) is 0 Å². The third-order valence-electron chi connectivity index (χ3n) is 6.57. The smallest absolute Gasteiger partial charge is 0.339 e. The molecule has 3 rings (SSSR count). The van der Waals surface area contributed by atoms with E-state index in [0.29, 0.717) is 32.2 Å². The van der Waals surface area contributed by atoms with Gasteiger partial charge in [-0.3, -0.25) is 19.8 Å². The fraction of sp³-hybridized carbons (Fsp3) is 0.370. The molecule has 15 heteroatoms. The van der Waals surface area contributed by atoms with Crippen molar-refractivity contribution >= 4 is 60.2 Å². The molecule has 0 radical (unpaired) electrons. The molecule has 0 aliphatic carbocycles. The van der Waals surface area contributed by atoms with Crippen LogP contribution in [0.5, 0.6) is 5.75 Å². The molecule has 230 valence electrons. The van der Waals surface area contributed by atoms with Gasteiger partial charge in [0.15, 0.2) is 5.96 Å². The minimum Gasteiger partial charge on any atom is -0.507 e. The van der Waals surface area contributed by atoms with Gasteiger partial charge in [0, 0.05) is 18.8 Å². The number of nitrogens with one attached hydrogen (secondary N) is 4. The first-order chi connectivity index (χ1) is 19.1. The average molecular weight is 627 g/mol. The van der Waals surface area contributed by atoms with E-state index in [-0.39, 0.29) is 55.3 Å². The predicted octanol–water partition coefficient (Wildman–Crippen LogP) is 1.18. The summed E-state index contributed by atoms with van der Waals surface area (Å²) in [7, 11) is 0. The normalized spacial score (nSPS) is 15.3. The molecule has 3 atom stereocenters. The van der Waals surface area contributed by atoms with Gasteiger partial charge < -0.3 is 42.5 Å². The molecule has 13 nitrogen and oxygen atoms in total. The number of rotatable bonds is 12. The van der Waals surface area contributed by atoms with Crippen LogP contribution in [0.25, 0.3) is 0 Å². The lowest BCUT2D eigenvalue weighted by molar-refractivity contribution is -0.140. The zero-order valence-electron chi connectivity index (χ0n) is 22.7. The number of hydrogen-bond donors (Lipinski definition) is 8. The number of likely N-dealkylation sites (tertiary alicyclic amines) is 1. The van der Waals surface area contributed by atoms with E-state index >= 15 is 0 Å². The van der Waals surface area contributed by atoms with Crippen LogP contribution in [0.1, 0.15) is 41.6 Å². The van der Waals surface area contributed by atoms with Crippen LogP contribution in [0.3, 0.4) is 0 Å². The molecule has 42 heavy (non-hydrogen) atoms. The lowest BCUT2D eigenvalue weighted by atomic mass is 10.0. The molecular formula is C27H37Cl2N7O6. The third-order valence-corrected chi connectivity index (χ3v) is 6.57. The molecule has 0 spiro atoms. The number of carboxylic acid groups (broad SMARTS) is 1. The number of benzene rings is 2. The first-order valence-electron chi connectivity index (χ1n) is 12.9. The van der Waals surface area contributed by atoms with Crippen molar-refractivity contribution in [1.29, 1.82) is 5.41 Å². The molecule has 1 aliphatic rings. The lowest BCUT2D eigenvalue weighted by Crippen LogP contribution is -2.54. The van der Waals surface area contributed by atoms with Crippen molar-refractivity contribution in [3.05, 3.63) is 59.7 Å². The zero-order chi connectivity index (χ0) is 29.2. The molecule has 1 fully saturated rings. The van der Waals surface area contributed by atoms with Crippen molar-refractivity contribution in [2.75, 3.05) is 18.4 Å². The summed E-state index contributed by atoms with van der Waals surface area (Å²) in [5.74, 6) is -3.53. The van der Waals surface area contributed by atoms with Crippen LogP contribution in [0.15, 0.2) is 48.5 Å². The second-order valence-corrected chi connectivity index (χ2v) is 9.56. The molecule has 1 saturated heterocycles. The predicted molar refractivity (Wildman–Crippen MR) is 162 cm³/mol. The molecule has 1 heterocycles. The van der Waals surface area contributed by atoms with E-state index in [1.54, 1.807) is 0 Å². The molecule has 0 unspecified atom stereocenters. The number of carbonyl (C=O) groups excluding carboxylic acids is 3. The highest BCUT2D eigenvalue weighted by molar-refractivity contribution is 6.00. The van der Waals surface area contributed by atoms with E-state index in [9.17, 15) is 29.4 Å². The molecule has 0 bridgehead atoms. The first kappa shape index (κ1) is 36.0. The Bertz CT molecular complexity index is 1250. The number of halogens is 2. The maximum Gasteiger partial charge on any atom is 0.339 e. The number of anilines is 1. The van der Waals surface area contributed by atoms with Crippen LogP contribution >= 0.6 is 24.8 Å². The highest BCUT2D eigenvalue weighted by atomic mass is 35.5. The number of guanidine groups is 1. The molecule has 0 aromatic heterocycles. The third kappa shape index (κ3) is 10.1. The highest BCUT2D eigenvalue weighted by Gasteiger charge is 2.37. The molecule has 3 amide bonds. The van der Waals surface area contributed by atoms with Crippen LogP contribution < -0.4 is 27.4 Å². The summed E-state index contributed by atoms with van der Waals surface area (Å²) in [6.07, 6.45) is 1.87. The Morgan fingerprint density at radius 3 is 2.43 bits per heavy atom.